The number of nitrogens with zero attached hydrogens (tertiary/aromatic N) is 1. The lowest BCUT2D eigenvalue weighted by Gasteiger charge is -2.34. The van der Waals surface area contributed by atoms with Crippen molar-refractivity contribution in [1.29, 1.82) is 0 Å². The molecule has 0 spiro atoms. The highest BCUT2D eigenvalue weighted by molar-refractivity contribution is 5.76. The Bertz CT molecular complexity index is 496. The Labute approximate surface area is 137 Å². The van der Waals surface area contributed by atoms with Gasteiger partial charge in [-0.05, 0) is 63.4 Å². The van der Waals surface area contributed by atoms with E-state index in [0.29, 0.717) is 23.9 Å². The first-order valence-corrected chi connectivity index (χ1v) is 8.40. The van der Waals surface area contributed by atoms with E-state index in [4.69, 9.17) is 0 Å². The van der Waals surface area contributed by atoms with Crippen LogP contribution in [0.25, 0.3) is 0 Å². The van der Waals surface area contributed by atoms with E-state index in [1.54, 1.807) is 0 Å². The Morgan fingerprint density at radius 3 is 2.48 bits per heavy atom. The summed E-state index contributed by atoms with van der Waals surface area (Å²) in [5.74, 6) is 0.0693. The number of aliphatic hydroxyl groups is 1. The van der Waals surface area contributed by atoms with Crippen LogP contribution in [0.2, 0.25) is 0 Å². The van der Waals surface area contributed by atoms with Crippen molar-refractivity contribution in [2.24, 2.45) is 5.92 Å². The zero-order valence-corrected chi connectivity index (χ0v) is 14.0. The van der Waals surface area contributed by atoms with E-state index in [9.17, 15) is 14.3 Å². The molecular weight excluding hydrogens is 295 g/mol. The van der Waals surface area contributed by atoms with Crippen molar-refractivity contribution in [2.75, 3.05) is 19.6 Å². The fourth-order valence-electron chi connectivity index (χ4n) is 3.02. The normalized spacial score (nSPS) is 18.1. The van der Waals surface area contributed by atoms with Gasteiger partial charge in [0.05, 0.1) is 6.10 Å². The molecule has 5 heteroatoms. The maximum atomic E-state index is 12.8. The van der Waals surface area contributed by atoms with Crippen LogP contribution in [0.3, 0.4) is 0 Å². The second-order valence-corrected chi connectivity index (χ2v) is 6.65. The van der Waals surface area contributed by atoms with E-state index in [-0.39, 0.29) is 18.3 Å². The molecule has 1 amide bonds. The summed E-state index contributed by atoms with van der Waals surface area (Å²) in [5.41, 5.74) is 0.608. The highest BCUT2D eigenvalue weighted by Gasteiger charge is 2.22. The summed E-state index contributed by atoms with van der Waals surface area (Å²) in [6.45, 7) is 6.66. The van der Waals surface area contributed by atoms with Crippen molar-refractivity contribution in [2.45, 2.75) is 45.3 Å². The minimum absolute atomic E-state index is 0.0193. The van der Waals surface area contributed by atoms with Gasteiger partial charge < -0.3 is 15.3 Å². The number of benzene rings is 1. The van der Waals surface area contributed by atoms with Crippen LogP contribution in [0.5, 0.6) is 0 Å². The van der Waals surface area contributed by atoms with Crippen LogP contribution in [0.4, 0.5) is 4.39 Å². The molecule has 1 aliphatic heterocycles. The molecule has 128 valence electrons. The van der Waals surface area contributed by atoms with E-state index >= 15 is 0 Å². The lowest BCUT2D eigenvalue weighted by atomic mass is 9.92. The Morgan fingerprint density at radius 1 is 1.30 bits per heavy atom. The molecular formula is C18H27FN2O2. The van der Waals surface area contributed by atoms with E-state index in [2.05, 4.69) is 24.1 Å². The van der Waals surface area contributed by atoms with Gasteiger partial charge in [0.2, 0.25) is 5.91 Å². The SMILES string of the molecule is CC(C)N1CCC(CC(=O)NCC(O)c2ccc(F)cc2)CC1. The first kappa shape index (κ1) is 17.9. The molecule has 0 radical (unpaired) electrons. The highest BCUT2D eigenvalue weighted by Crippen LogP contribution is 2.22. The number of carbonyl (C=O) groups is 1. The Hall–Kier alpha value is -1.46. The van der Waals surface area contributed by atoms with E-state index < -0.39 is 6.10 Å². The molecule has 1 unspecified atom stereocenters. The molecule has 1 aromatic carbocycles. The lowest BCUT2D eigenvalue weighted by Crippen LogP contribution is -2.40. The first-order chi connectivity index (χ1) is 11.0. The van der Waals surface area contributed by atoms with Gasteiger partial charge in [0, 0.05) is 19.0 Å². The molecule has 23 heavy (non-hydrogen) atoms. The van der Waals surface area contributed by atoms with Crippen LogP contribution in [-0.2, 0) is 4.79 Å². The molecule has 0 saturated carbocycles. The number of amides is 1. The van der Waals surface area contributed by atoms with Crippen molar-refractivity contribution < 1.29 is 14.3 Å². The number of hydrogen-bond acceptors (Lipinski definition) is 3. The summed E-state index contributed by atoms with van der Waals surface area (Å²) < 4.78 is 12.8. The molecule has 0 aromatic heterocycles. The summed E-state index contributed by atoms with van der Waals surface area (Å²) in [5, 5.41) is 12.8. The molecule has 0 bridgehead atoms. The summed E-state index contributed by atoms with van der Waals surface area (Å²) in [6, 6.07) is 6.25. The van der Waals surface area contributed by atoms with Crippen molar-refractivity contribution in [3.05, 3.63) is 35.6 Å². The first-order valence-electron chi connectivity index (χ1n) is 8.40. The summed E-state index contributed by atoms with van der Waals surface area (Å²) in [4.78, 5) is 14.5. The number of halogens is 1. The van der Waals surface area contributed by atoms with Gasteiger partial charge in [-0.3, -0.25) is 4.79 Å². The van der Waals surface area contributed by atoms with E-state index in [1.165, 1.54) is 24.3 Å². The third kappa shape index (κ3) is 5.59. The molecule has 2 N–H and O–H groups in total. The van der Waals surface area contributed by atoms with Crippen LogP contribution < -0.4 is 5.32 Å². The van der Waals surface area contributed by atoms with Crippen molar-refractivity contribution >= 4 is 5.91 Å². The number of rotatable bonds is 6. The van der Waals surface area contributed by atoms with Gasteiger partial charge in [0.25, 0.3) is 0 Å². The number of carbonyl (C=O) groups excluding carboxylic acids is 1. The molecule has 1 heterocycles. The van der Waals surface area contributed by atoms with Gasteiger partial charge >= 0.3 is 0 Å². The van der Waals surface area contributed by atoms with Crippen LogP contribution in [0.1, 0.15) is 44.8 Å². The molecule has 1 aliphatic rings. The summed E-state index contributed by atoms with van der Waals surface area (Å²) in [7, 11) is 0. The Kier molecular flexibility index (Phi) is 6.54. The Morgan fingerprint density at radius 2 is 1.91 bits per heavy atom. The number of likely N-dealkylation sites (tertiary alicyclic amines) is 1. The molecule has 1 aromatic rings. The third-order valence-corrected chi connectivity index (χ3v) is 4.60. The number of piperidine rings is 1. The molecule has 0 aliphatic carbocycles. The minimum atomic E-state index is -0.803. The van der Waals surface area contributed by atoms with Crippen LogP contribution in [0, 0.1) is 11.7 Å². The fourth-order valence-corrected chi connectivity index (χ4v) is 3.02. The average molecular weight is 322 g/mol. The van der Waals surface area contributed by atoms with Crippen LogP contribution in [-0.4, -0.2) is 41.6 Å². The van der Waals surface area contributed by atoms with E-state index in [0.717, 1.165) is 25.9 Å². The number of aliphatic hydroxyl groups excluding tert-OH is 1. The molecule has 4 nitrogen and oxygen atoms in total. The largest absolute Gasteiger partial charge is 0.387 e. The molecule has 2 rings (SSSR count). The topological polar surface area (TPSA) is 52.6 Å². The minimum Gasteiger partial charge on any atom is -0.387 e. The van der Waals surface area contributed by atoms with Crippen molar-refractivity contribution in [3.63, 3.8) is 0 Å². The van der Waals surface area contributed by atoms with Crippen molar-refractivity contribution in [3.8, 4) is 0 Å². The molecule has 1 fully saturated rings. The Balaban J connectivity index is 1.70. The maximum Gasteiger partial charge on any atom is 0.220 e. The lowest BCUT2D eigenvalue weighted by molar-refractivity contribution is -0.122. The standard InChI is InChI=1S/C18H27FN2O2/c1-13(2)21-9-7-14(8-10-21)11-18(23)20-12-17(22)15-3-5-16(19)6-4-15/h3-6,13-14,17,22H,7-12H2,1-2H3,(H,20,23). The van der Waals surface area contributed by atoms with Crippen molar-refractivity contribution in [1.82, 2.24) is 10.2 Å². The van der Waals surface area contributed by atoms with Crippen LogP contribution in [0.15, 0.2) is 24.3 Å². The predicted octanol–water partition coefficient (Wildman–Crippen LogP) is 2.49. The van der Waals surface area contributed by atoms with E-state index in [1.807, 2.05) is 0 Å². The fraction of sp³-hybridized carbons (Fsp3) is 0.611. The second-order valence-electron chi connectivity index (χ2n) is 6.65. The molecule has 1 saturated heterocycles. The van der Waals surface area contributed by atoms with Gasteiger partial charge in [-0.15, -0.1) is 0 Å². The average Bonchev–Trinajstić information content (AvgIpc) is 2.54. The second kappa shape index (κ2) is 8.41. The van der Waals surface area contributed by atoms with Gasteiger partial charge in [-0.1, -0.05) is 12.1 Å². The summed E-state index contributed by atoms with van der Waals surface area (Å²) >= 11 is 0. The van der Waals surface area contributed by atoms with Gasteiger partial charge in [0.1, 0.15) is 5.82 Å². The summed E-state index contributed by atoms with van der Waals surface area (Å²) in [6.07, 6.45) is 1.81. The third-order valence-electron chi connectivity index (χ3n) is 4.60. The van der Waals surface area contributed by atoms with Gasteiger partial charge in [0.15, 0.2) is 0 Å². The van der Waals surface area contributed by atoms with Crippen LogP contribution >= 0.6 is 0 Å². The zero-order valence-electron chi connectivity index (χ0n) is 14.0. The maximum absolute atomic E-state index is 12.8. The quantitative estimate of drug-likeness (QED) is 0.846. The van der Waals surface area contributed by atoms with Gasteiger partial charge in [-0.2, -0.15) is 0 Å². The number of nitrogens with one attached hydrogen (secondary N) is 1. The smallest absolute Gasteiger partial charge is 0.220 e. The molecule has 1 atom stereocenters. The zero-order chi connectivity index (χ0) is 16.8. The monoisotopic (exact) mass is 322 g/mol. The predicted molar refractivity (Wildman–Crippen MR) is 88.4 cm³/mol. The van der Waals surface area contributed by atoms with Gasteiger partial charge in [-0.25, -0.2) is 4.39 Å². The number of hydrogen-bond donors (Lipinski definition) is 2. The highest BCUT2D eigenvalue weighted by atomic mass is 19.1.